The van der Waals surface area contributed by atoms with Gasteiger partial charge in [0.25, 0.3) is 0 Å². The average Bonchev–Trinajstić information content (AvgIpc) is 2.48. The molecule has 3 rings (SSSR count). The second-order valence-corrected chi connectivity index (χ2v) is 6.54. The third-order valence-corrected chi connectivity index (χ3v) is 4.95. The second-order valence-electron chi connectivity index (χ2n) is 5.29. The summed E-state index contributed by atoms with van der Waals surface area (Å²) in [5.74, 6) is -0.119. The Balaban J connectivity index is 1.67. The van der Waals surface area contributed by atoms with Crippen molar-refractivity contribution in [3.8, 4) is 0 Å². The number of hydrogen-bond acceptors (Lipinski definition) is 1. The minimum absolute atomic E-state index is 0.119. The lowest BCUT2D eigenvalue weighted by Gasteiger charge is -2.28. The minimum atomic E-state index is -0.119. The van der Waals surface area contributed by atoms with E-state index in [-0.39, 0.29) is 5.82 Å². The van der Waals surface area contributed by atoms with E-state index < -0.39 is 0 Å². The van der Waals surface area contributed by atoms with Crippen LogP contribution in [-0.4, -0.2) is 6.04 Å². The third kappa shape index (κ3) is 3.20. The summed E-state index contributed by atoms with van der Waals surface area (Å²) < 4.78 is 13.5. The molecule has 2 aromatic rings. The molecule has 0 saturated heterocycles. The zero-order valence-electron chi connectivity index (χ0n) is 11.2. The second kappa shape index (κ2) is 6.22. The van der Waals surface area contributed by atoms with E-state index in [0.717, 1.165) is 19.3 Å². The zero-order chi connectivity index (χ0) is 13.9. The molecule has 104 valence electrons. The molecule has 2 atom stereocenters. The average molecular weight is 381 g/mol. The number of hydrogen-bond donors (Lipinski definition) is 1. The van der Waals surface area contributed by atoms with Crippen molar-refractivity contribution in [2.45, 2.75) is 29.4 Å². The van der Waals surface area contributed by atoms with Gasteiger partial charge < -0.3 is 0 Å². The van der Waals surface area contributed by atoms with Crippen LogP contribution >= 0.6 is 22.6 Å². The Morgan fingerprint density at radius 1 is 1.10 bits per heavy atom. The Kier molecular flexibility index (Phi) is 4.36. The predicted molar refractivity (Wildman–Crippen MR) is 88.6 cm³/mol. The summed E-state index contributed by atoms with van der Waals surface area (Å²) in [6.45, 7) is 0. The van der Waals surface area contributed by atoms with Crippen LogP contribution < -0.4 is 5.32 Å². The van der Waals surface area contributed by atoms with Gasteiger partial charge in [-0.1, -0.05) is 59.0 Å². The monoisotopic (exact) mass is 381 g/mol. The number of alkyl halides is 1. The lowest BCUT2D eigenvalue weighted by Crippen LogP contribution is -2.35. The fraction of sp³-hybridized carbons (Fsp3) is 0.294. The van der Waals surface area contributed by atoms with Crippen molar-refractivity contribution >= 4 is 22.6 Å². The molecule has 1 nitrogen and oxygen atoms in total. The van der Waals surface area contributed by atoms with Crippen LogP contribution in [0.1, 0.15) is 27.2 Å². The molecule has 0 radical (unpaired) electrons. The predicted octanol–water partition coefficient (Wildman–Crippen LogP) is 4.41. The molecule has 1 N–H and O–H groups in total. The summed E-state index contributed by atoms with van der Waals surface area (Å²) in [6.07, 6.45) is 3.02. The smallest absolute Gasteiger partial charge is 0.123 e. The molecule has 20 heavy (non-hydrogen) atoms. The van der Waals surface area contributed by atoms with Gasteiger partial charge in [-0.2, -0.15) is 0 Å². The topological polar surface area (TPSA) is 12.0 Å². The van der Waals surface area contributed by atoms with Crippen LogP contribution in [0.2, 0.25) is 0 Å². The van der Waals surface area contributed by atoms with Crippen LogP contribution in [0.4, 0.5) is 4.39 Å². The number of fused-ring (bicyclic) bond motifs is 1. The zero-order valence-corrected chi connectivity index (χ0v) is 13.3. The summed E-state index contributed by atoms with van der Waals surface area (Å²) in [7, 11) is 0. The highest BCUT2D eigenvalue weighted by Gasteiger charge is 2.21. The molecule has 2 unspecified atom stereocenters. The summed E-state index contributed by atoms with van der Waals surface area (Å²) in [5, 5.41) is 3.68. The summed E-state index contributed by atoms with van der Waals surface area (Å²) >= 11 is 2.44. The van der Waals surface area contributed by atoms with Crippen LogP contribution in [0.25, 0.3) is 0 Å². The highest BCUT2D eigenvalue weighted by atomic mass is 127. The number of aryl methyl sites for hydroxylation is 1. The van der Waals surface area contributed by atoms with Gasteiger partial charge in [0, 0.05) is 6.04 Å². The van der Waals surface area contributed by atoms with E-state index in [9.17, 15) is 4.39 Å². The maximum Gasteiger partial charge on any atom is 0.123 e. The largest absolute Gasteiger partial charge is 0.299 e. The molecule has 0 fully saturated rings. The summed E-state index contributed by atoms with van der Waals surface area (Å²) in [5.41, 5.74) is 3.76. The van der Waals surface area contributed by atoms with Crippen LogP contribution in [0, 0.1) is 5.82 Å². The van der Waals surface area contributed by atoms with Gasteiger partial charge in [-0.25, -0.2) is 4.39 Å². The Morgan fingerprint density at radius 2 is 1.90 bits per heavy atom. The van der Waals surface area contributed by atoms with E-state index in [1.807, 2.05) is 12.1 Å². The molecule has 2 aromatic carbocycles. The van der Waals surface area contributed by atoms with Gasteiger partial charge in [0.05, 0.1) is 4.05 Å². The maximum atomic E-state index is 13.2. The number of halogens is 2. The highest BCUT2D eigenvalue weighted by molar-refractivity contribution is 14.1. The van der Waals surface area contributed by atoms with Gasteiger partial charge in [-0.3, -0.25) is 5.32 Å². The fourth-order valence-electron chi connectivity index (χ4n) is 2.79. The molecular weight excluding hydrogens is 364 g/mol. The van der Waals surface area contributed by atoms with E-state index in [1.165, 1.54) is 16.7 Å². The van der Waals surface area contributed by atoms with E-state index in [4.69, 9.17) is 0 Å². The van der Waals surface area contributed by atoms with Crippen molar-refractivity contribution in [2.24, 2.45) is 0 Å². The number of benzene rings is 2. The molecular formula is C17H17FIN. The van der Waals surface area contributed by atoms with Crippen molar-refractivity contribution < 1.29 is 4.39 Å². The van der Waals surface area contributed by atoms with Crippen molar-refractivity contribution in [1.82, 2.24) is 5.32 Å². The molecule has 0 saturated carbocycles. The Labute approximate surface area is 132 Å². The molecule has 0 spiro atoms. The van der Waals surface area contributed by atoms with E-state index in [1.54, 1.807) is 12.1 Å². The molecule has 3 heteroatoms. The van der Waals surface area contributed by atoms with Crippen LogP contribution in [0.5, 0.6) is 0 Å². The van der Waals surface area contributed by atoms with Gasteiger partial charge in [-0.05, 0) is 48.1 Å². The standard InChI is InChI=1S/C17H17FIN/c18-15-8-6-14-11-16(9-7-13(14)10-15)20-17(19)12-4-2-1-3-5-12/h1-6,8,10,16-17,20H,7,9,11H2. The van der Waals surface area contributed by atoms with E-state index >= 15 is 0 Å². The van der Waals surface area contributed by atoms with Gasteiger partial charge in [-0.15, -0.1) is 0 Å². The molecule has 1 aliphatic rings. The molecule has 1 aliphatic carbocycles. The first-order valence-electron chi connectivity index (χ1n) is 6.95. The molecule has 0 bridgehead atoms. The van der Waals surface area contributed by atoms with Crippen LogP contribution in [0.3, 0.4) is 0 Å². The van der Waals surface area contributed by atoms with Crippen molar-refractivity contribution in [3.63, 3.8) is 0 Å². The Morgan fingerprint density at radius 3 is 2.70 bits per heavy atom. The van der Waals surface area contributed by atoms with Crippen LogP contribution in [-0.2, 0) is 12.8 Å². The third-order valence-electron chi connectivity index (χ3n) is 3.87. The summed E-state index contributed by atoms with van der Waals surface area (Å²) in [6, 6.07) is 16.1. The fourth-order valence-corrected chi connectivity index (χ4v) is 3.71. The summed E-state index contributed by atoms with van der Waals surface area (Å²) in [4.78, 5) is 0. The van der Waals surface area contributed by atoms with E-state index in [2.05, 4.69) is 52.2 Å². The normalized spacial score (nSPS) is 19.4. The molecule has 0 heterocycles. The first-order chi connectivity index (χ1) is 9.72. The SMILES string of the molecule is Fc1ccc2c(c1)CCC(NC(I)c1ccccc1)C2. The van der Waals surface area contributed by atoms with Gasteiger partial charge in [0.15, 0.2) is 0 Å². The lowest BCUT2D eigenvalue weighted by atomic mass is 9.88. The lowest BCUT2D eigenvalue weighted by molar-refractivity contribution is 0.457. The van der Waals surface area contributed by atoms with Gasteiger partial charge in [0.1, 0.15) is 5.82 Å². The van der Waals surface area contributed by atoms with Gasteiger partial charge in [0.2, 0.25) is 0 Å². The first-order valence-corrected chi connectivity index (χ1v) is 8.19. The quantitative estimate of drug-likeness (QED) is 0.472. The van der Waals surface area contributed by atoms with E-state index in [0.29, 0.717) is 10.1 Å². The van der Waals surface area contributed by atoms with Crippen molar-refractivity contribution in [1.29, 1.82) is 0 Å². The minimum Gasteiger partial charge on any atom is -0.299 e. The highest BCUT2D eigenvalue weighted by Crippen LogP contribution is 2.26. The number of nitrogens with one attached hydrogen (secondary N) is 1. The number of rotatable bonds is 3. The Bertz CT molecular complexity index is 585. The Hall–Kier alpha value is -0.940. The first kappa shape index (κ1) is 14.0. The van der Waals surface area contributed by atoms with Crippen molar-refractivity contribution in [2.75, 3.05) is 0 Å². The molecule has 0 aromatic heterocycles. The van der Waals surface area contributed by atoms with Crippen LogP contribution in [0.15, 0.2) is 48.5 Å². The molecule has 0 aliphatic heterocycles. The molecule has 0 amide bonds. The van der Waals surface area contributed by atoms with Gasteiger partial charge >= 0.3 is 0 Å². The van der Waals surface area contributed by atoms with Crippen molar-refractivity contribution in [3.05, 3.63) is 71.0 Å². The maximum absolute atomic E-state index is 13.2.